The first kappa shape index (κ1) is 13.0. The van der Waals surface area contributed by atoms with Gasteiger partial charge in [0.2, 0.25) is 0 Å². The van der Waals surface area contributed by atoms with Crippen molar-refractivity contribution in [1.29, 1.82) is 0 Å². The minimum absolute atomic E-state index is 0.226. The summed E-state index contributed by atoms with van der Waals surface area (Å²) >= 11 is 1.30. The standard InChI is InChI=1S/C12H10F3N3OS/c13-12(14,15)8-6(16)3-5-4(10(8)19)1-2-7-9(5)18-11(17)20-7/h3,19H,1-2,16H2,(H2,17,18). The molecule has 0 aliphatic heterocycles. The van der Waals surface area contributed by atoms with Gasteiger partial charge in [0.1, 0.15) is 11.3 Å². The molecule has 1 aliphatic carbocycles. The van der Waals surface area contributed by atoms with E-state index in [0.29, 0.717) is 29.2 Å². The molecule has 0 unspecified atom stereocenters. The van der Waals surface area contributed by atoms with Gasteiger partial charge in [-0.2, -0.15) is 13.2 Å². The molecule has 1 aromatic carbocycles. The fourth-order valence-electron chi connectivity index (χ4n) is 2.48. The van der Waals surface area contributed by atoms with E-state index < -0.39 is 23.2 Å². The monoisotopic (exact) mass is 301 g/mol. The van der Waals surface area contributed by atoms with Crippen LogP contribution >= 0.6 is 11.3 Å². The summed E-state index contributed by atoms with van der Waals surface area (Å²) < 4.78 is 38.7. The summed E-state index contributed by atoms with van der Waals surface area (Å²) in [6, 6.07) is 1.22. The lowest BCUT2D eigenvalue weighted by atomic mass is 9.89. The molecule has 2 aromatic rings. The van der Waals surface area contributed by atoms with Crippen molar-refractivity contribution in [1.82, 2.24) is 4.98 Å². The number of anilines is 2. The van der Waals surface area contributed by atoms with Crippen LogP contribution < -0.4 is 11.5 Å². The summed E-state index contributed by atoms with van der Waals surface area (Å²) in [6.45, 7) is 0. The van der Waals surface area contributed by atoms with Gasteiger partial charge in [0, 0.05) is 21.7 Å². The van der Waals surface area contributed by atoms with Crippen molar-refractivity contribution in [2.45, 2.75) is 19.0 Å². The second kappa shape index (κ2) is 4.02. The number of aromatic nitrogens is 1. The molecule has 4 nitrogen and oxygen atoms in total. The molecule has 8 heteroatoms. The Kier molecular flexibility index (Phi) is 2.62. The number of thiazole rings is 1. The second-order valence-corrected chi connectivity index (χ2v) is 5.65. The van der Waals surface area contributed by atoms with Gasteiger partial charge in [-0.3, -0.25) is 0 Å². The van der Waals surface area contributed by atoms with Crippen LogP contribution in [0.4, 0.5) is 24.0 Å². The van der Waals surface area contributed by atoms with Crippen LogP contribution in [0.15, 0.2) is 6.07 Å². The zero-order chi connectivity index (χ0) is 14.7. The second-order valence-electron chi connectivity index (χ2n) is 4.54. The summed E-state index contributed by atoms with van der Waals surface area (Å²) in [6.07, 6.45) is -3.88. The van der Waals surface area contributed by atoms with Crippen LogP contribution in [-0.2, 0) is 19.0 Å². The van der Waals surface area contributed by atoms with Gasteiger partial charge in [0.25, 0.3) is 0 Å². The molecule has 1 heterocycles. The normalized spacial score (nSPS) is 13.9. The molecular weight excluding hydrogens is 291 g/mol. The van der Waals surface area contributed by atoms with E-state index >= 15 is 0 Å². The van der Waals surface area contributed by atoms with Crippen LogP contribution in [0.25, 0.3) is 11.3 Å². The van der Waals surface area contributed by atoms with E-state index in [9.17, 15) is 18.3 Å². The Morgan fingerprint density at radius 1 is 1.25 bits per heavy atom. The Morgan fingerprint density at radius 3 is 2.60 bits per heavy atom. The number of nitrogen functional groups attached to an aromatic ring is 2. The number of hydrogen-bond donors (Lipinski definition) is 3. The fraction of sp³-hybridized carbons (Fsp3) is 0.250. The molecule has 106 valence electrons. The summed E-state index contributed by atoms with van der Waals surface area (Å²) in [5.41, 5.74) is 10.6. The molecule has 0 fully saturated rings. The third kappa shape index (κ3) is 1.79. The van der Waals surface area contributed by atoms with Crippen LogP contribution in [0.2, 0.25) is 0 Å². The first-order valence-corrected chi connectivity index (χ1v) is 6.57. The SMILES string of the molecule is Nc1nc2c(s1)CCc1c-2cc(N)c(C(F)(F)F)c1O. The Morgan fingerprint density at radius 2 is 1.95 bits per heavy atom. The minimum Gasteiger partial charge on any atom is -0.507 e. The van der Waals surface area contributed by atoms with Gasteiger partial charge >= 0.3 is 6.18 Å². The zero-order valence-electron chi connectivity index (χ0n) is 10.1. The number of phenols is 1. The molecule has 1 aromatic heterocycles. The number of halogens is 3. The number of rotatable bonds is 0. The minimum atomic E-state index is -4.69. The van der Waals surface area contributed by atoms with E-state index in [2.05, 4.69) is 4.98 Å². The molecule has 0 saturated heterocycles. The molecule has 5 N–H and O–H groups in total. The first-order chi connectivity index (χ1) is 9.29. The summed E-state index contributed by atoms with van der Waals surface area (Å²) in [5, 5.41) is 10.3. The Labute approximate surface area is 115 Å². The Bertz CT molecular complexity index is 709. The third-order valence-corrected chi connectivity index (χ3v) is 4.24. The smallest absolute Gasteiger partial charge is 0.421 e. The topological polar surface area (TPSA) is 85.2 Å². The van der Waals surface area contributed by atoms with Crippen molar-refractivity contribution in [3.8, 4) is 17.0 Å². The average molecular weight is 301 g/mol. The maximum Gasteiger partial charge on any atom is 0.421 e. The van der Waals surface area contributed by atoms with Gasteiger partial charge in [-0.05, 0) is 18.9 Å². The first-order valence-electron chi connectivity index (χ1n) is 5.76. The van der Waals surface area contributed by atoms with Crippen molar-refractivity contribution < 1.29 is 18.3 Å². The van der Waals surface area contributed by atoms with Gasteiger partial charge < -0.3 is 16.6 Å². The van der Waals surface area contributed by atoms with Crippen molar-refractivity contribution in [2.75, 3.05) is 11.5 Å². The molecule has 0 spiro atoms. The number of aryl methyl sites for hydroxylation is 1. The Hall–Kier alpha value is -1.96. The molecule has 0 bridgehead atoms. The molecule has 3 rings (SSSR count). The molecule has 0 radical (unpaired) electrons. The van der Waals surface area contributed by atoms with Crippen molar-refractivity contribution in [3.05, 3.63) is 22.1 Å². The lowest BCUT2D eigenvalue weighted by molar-refractivity contribution is -0.138. The number of aromatic hydroxyl groups is 1. The molecule has 0 saturated carbocycles. The highest BCUT2D eigenvalue weighted by Crippen LogP contribution is 2.48. The van der Waals surface area contributed by atoms with E-state index in [0.717, 1.165) is 4.88 Å². The lowest BCUT2D eigenvalue weighted by Crippen LogP contribution is -2.13. The maximum atomic E-state index is 12.9. The average Bonchev–Trinajstić information content (AvgIpc) is 2.67. The van der Waals surface area contributed by atoms with Gasteiger partial charge in [0.15, 0.2) is 5.13 Å². The number of benzene rings is 1. The van der Waals surface area contributed by atoms with Crippen LogP contribution in [0.1, 0.15) is 16.0 Å². The van der Waals surface area contributed by atoms with Gasteiger partial charge in [0.05, 0.1) is 5.69 Å². The highest BCUT2D eigenvalue weighted by Gasteiger charge is 2.39. The number of hydrogen-bond acceptors (Lipinski definition) is 5. The van der Waals surface area contributed by atoms with Gasteiger partial charge in [-0.1, -0.05) is 0 Å². The predicted molar refractivity (Wildman–Crippen MR) is 70.4 cm³/mol. The molecule has 1 aliphatic rings. The van der Waals surface area contributed by atoms with E-state index in [4.69, 9.17) is 11.5 Å². The van der Waals surface area contributed by atoms with Crippen molar-refractivity contribution in [2.24, 2.45) is 0 Å². The molecule has 0 amide bonds. The zero-order valence-corrected chi connectivity index (χ0v) is 10.9. The van der Waals surface area contributed by atoms with E-state index in [1.807, 2.05) is 0 Å². The molecular formula is C12H10F3N3OS. The van der Waals surface area contributed by atoms with Crippen LogP contribution in [0.3, 0.4) is 0 Å². The maximum absolute atomic E-state index is 12.9. The van der Waals surface area contributed by atoms with E-state index in [1.165, 1.54) is 17.4 Å². The van der Waals surface area contributed by atoms with Crippen LogP contribution in [-0.4, -0.2) is 10.1 Å². The van der Waals surface area contributed by atoms with E-state index in [1.54, 1.807) is 0 Å². The van der Waals surface area contributed by atoms with Crippen LogP contribution in [0, 0.1) is 0 Å². The summed E-state index contributed by atoms with van der Waals surface area (Å²) in [5.74, 6) is -0.801. The third-order valence-electron chi connectivity index (χ3n) is 3.29. The number of nitrogens with zero attached hydrogens (tertiary/aromatic N) is 1. The molecule has 20 heavy (non-hydrogen) atoms. The fourth-order valence-corrected chi connectivity index (χ4v) is 3.33. The Balaban J connectivity index is 2.29. The highest BCUT2D eigenvalue weighted by molar-refractivity contribution is 7.15. The molecule has 0 atom stereocenters. The number of alkyl halides is 3. The lowest BCUT2D eigenvalue weighted by Gasteiger charge is -2.21. The van der Waals surface area contributed by atoms with Crippen LogP contribution in [0.5, 0.6) is 5.75 Å². The highest BCUT2D eigenvalue weighted by atomic mass is 32.1. The largest absolute Gasteiger partial charge is 0.507 e. The van der Waals surface area contributed by atoms with Gasteiger partial charge in [-0.25, -0.2) is 4.98 Å². The summed E-state index contributed by atoms with van der Waals surface area (Å²) in [4.78, 5) is 5.01. The summed E-state index contributed by atoms with van der Waals surface area (Å²) in [7, 11) is 0. The van der Waals surface area contributed by atoms with Crippen molar-refractivity contribution >= 4 is 22.2 Å². The van der Waals surface area contributed by atoms with E-state index in [-0.39, 0.29) is 5.56 Å². The van der Waals surface area contributed by atoms with Crippen molar-refractivity contribution in [3.63, 3.8) is 0 Å². The van der Waals surface area contributed by atoms with Gasteiger partial charge in [-0.15, -0.1) is 11.3 Å². The predicted octanol–water partition coefficient (Wildman–Crippen LogP) is 2.80. The number of fused-ring (bicyclic) bond motifs is 3. The number of nitrogens with two attached hydrogens (primary N) is 2. The quantitative estimate of drug-likeness (QED) is 0.653. The number of phenolic OH excluding ortho intramolecular Hbond substituents is 1.